The third-order valence-corrected chi connectivity index (χ3v) is 10.3. The average molecular weight is 383 g/mol. The molecule has 4 nitrogen and oxygen atoms in total. The largest absolute Gasteiger partial charge is 0.413 e. The Hall–Kier alpha value is -2.11. The molecule has 2 aromatic rings. The summed E-state index contributed by atoms with van der Waals surface area (Å²) in [5, 5.41) is 0.193. The zero-order valence-corrected chi connectivity index (χ0v) is 18.0. The number of nitrogens with two attached hydrogens (primary N) is 1. The molecule has 3 rings (SSSR count). The molecule has 0 radical (unpaired) electrons. The Bertz CT molecular complexity index is 856. The third kappa shape index (κ3) is 4.09. The van der Waals surface area contributed by atoms with E-state index < -0.39 is 8.32 Å². The molecule has 27 heavy (non-hydrogen) atoms. The Morgan fingerprint density at radius 1 is 1.11 bits per heavy atom. The lowest BCUT2D eigenvalue weighted by molar-refractivity contribution is 0.0766. The van der Waals surface area contributed by atoms with Gasteiger partial charge in [-0.3, -0.25) is 4.79 Å². The molecule has 0 aliphatic carbocycles. The van der Waals surface area contributed by atoms with E-state index in [2.05, 4.69) is 52.1 Å². The van der Waals surface area contributed by atoms with Gasteiger partial charge in [-0.05, 0) is 41.4 Å². The summed E-state index contributed by atoms with van der Waals surface area (Å²) in [6.07, 6.45) is 0. The van der Waals surface area contributed by atoms with Gasteiger partial charge in [-0.2, -0.15) is 0 Å². The van der Waals surface area contributed by atoms with E-state index in [9.17, 15) is 4.79 Å². The number of hydrogen-bond donors (Lipinski definition) is 1. The van der Waals surface area contributed by atoms with Crippen LogP contribution in [0.25, 0.3) is 0 Å². The first-order valence-electron chi connectivity index (χ1n) is 9.47. The van der Waals surface area contributed by atoms with Crippen molar-refractivity contribution >= 4 is 19.9 Å². The van der Waals surface area contributed by atoms with Crippen molar-refractivity contribution in [3.05, 3.63) is 64.7 Å². The molecule has 1 heterocycles. The molecule has 2 aromatic carbocycles. The molecule has 0 saturated carbocycles. The highest BCUT2D eigenvalue weighted by molar-refractivity contribution is 6.74. The van der Waals surface area contributed by atoms with Gasteiger partial charge >= 0.3 is 0 Å². The van der Waals surface area contributed by atoms with E-state index in [1.807, 2.05) is 29.2 Å². The molecule has 0 saturated heterocycles. The maximum Gasteiger partial charge on any atom is 0.254 e. The van der Waals surface area contributed by atoms with Crippen LogP contribution >= 0.6 is 0 Å². The van der Waals surface area contributed by atoms with Crippen LogP contribution in [-0.2, 0) is 24.1 Å². The zero-order valence-electron chi connectivity index (χ0n) is 17.0. The molecule has 1 aliphatic rings. The molecule has 0 aromatic heterocycles. The van der Waals surface area contributed by atoms with Gasteiger partial charge in [-0.1, -0.05) is 51.1 Å². The number of carbonyl (C=O) groups excluding carboxylic acids is 1. The molecule has 144 valence electrons. The number of hydrogen-bond acceptors (Lipinski definition) is 3. The van der Waals surface area contributed by atoms with E-state index in [1.165, 1.54) is 0 Å². The van der Waals surface area contributed by atoms with E-state index in [4.69, 9.17) is 10.2 Å². The molecule has 0 unspecified atom stereocenters. The molecule has 0 bridgehead atoms. The van der Waals surface area contributed by atoms with Crippen LogP contribution in [0.4, 0.5) is 5.69 Å². The van der Waals surface area contributed by atoms with Crippen molar-refractivity contribution in [2.45, 2.75) is 58.6 Å². The van der Waals surface area contributed by atoms with Gasteiger partial charge in [0.15, 0.2) is 8.32 Å². The van der Waals surface area contributed by atoms with Crippen LogP contribution in [0.3, 0.4) is 0 Å². The standard InChI is InChI=1S/C22H30N2O2Si/c1-22(2,3)27(4,5)26-15-17-9-6-8-16(12-17)13-24-14-19-18(21(24)25)10-7-11-20(19)23/h6-12H,13-15,23H2,1-5H3. The lowest BCUT2D eigenvalue weighted by Gasteiger charge is -2.36. The predicted molar refractivity (Wildman–Crippen MR) is 113 cm³/mol. The van der Waals surface area contributed by atoms with E-state index in [0.717, 1.165) is 22.3 Å². The molecule has 1 aliphatic heterocycles. The summed E-state index contributed by atoms with van der Waals surface area (Å²) in [6.45, 7) is 13.1. The SMILES string of the molecule is CC(C)(C)[Si](C)(C)OCc1cccc(CN2Cc3c(N)cccc3C2=O)c1. The Balaban J connectivity index is 1.69. The highest BCUT2D eigenvalue weighted by Gasteiger charge is 2.37. The second kappa shape index (κ2) is 7.13. The van der Waals surface area contributed by atoms with Crippen LogP contribution in [0.5, 0.6) is 0 Å². The van der Waals surface area contributed by atoms with Crippen molar-refractivity contribution in [3.8, 4) is 0 Å². The number of nitrogens with zero attached hydrogens (tertiary/aromatic N) is 1. The van der Waals surface area contributed by atoms with Gasteiger partial charge in [-0.25, -0.2) is 0 Å². The minimum absolute atomic E-state index is 0.0558. The molecular weight excluding hydrogens is 352 g/mol. The highest BCUT2D eigenvalue weighted by atomic mass is 28.4. The van der Waals surface area contributed by atoms with Gasteiger partial charge < -0.3 is 15.1 Å². The van der Waals surface area contributed by atoms with Crippen LogP contribution in [0.15, 0.2) is 42.5 Å². The summed E-state index contributed by atoms with van der Waals surface area (Å²) in [7, 11) is -1.78. The van der Waals surface area contributed by atoms with Gasteiger partial charge in [0, 0.05) is 29.9 Å². The second-order valence-corrected chi connectivity index (χ2v) is 13.7. The smallest absolute Gasteiger partial charge is 0.254 e. The van der Waals surface area contributed by atoms with Crippen molar-refractivity contribution in [1.29, 1.82) is 0 Å². The minimum atomic E-state index is -1.78. The molecule has 0 atom stereocenters. The molecular formula is C22H30N2O2Si. The fourth-order valence-electron chi connectivity index (χ4n) is 3.06. The number of amides is 1. The van der Waals surface area contributed by atoms with Gasteiger partial charge in [0.1, 0.15) is 0 Å². The summed E-state index contributed by atoms with van der Waals surface area (Å²) in [6, 6.07) is 13.9. The van der Waals surface area contributed by atoms with Crippen LogP contribution in [0.1, 0.15) is 47.8 Å². The monoisotopic (exact) mass is 382 g/mol. The van der Waals surface area contributed by atoms with E-state index in [-0.39, 0.29) is 10.9 Å². The number of rotatable bonds is 5. The maximum atomic E-state index is 12.7. The average Bonchev–Trinajstić information content (AvgIpc) is 2.90. The lowest BCUT2D eigenvalue weighted by Crippen LogP contribution is -2.40. The number of carbonyl (C=O) groups is 1. The lowest BCUT2D eigenvalue weighted by atomic mass is 10.1. The van der Waals surface area contributed by atoms with Crippen molar-refractivity contribution in [2.75, 3.05) is 5.73 Å². The molecule has 0 spiro atoms. The second-order valence-electron chi connectivity index (χ2n) is 8.90. The third-order valence-electron chi connectivity index (χ3n) is 5.85. The molecule has 1 amide bonds. The quantitative estimate of drug-likeness (QED) is 0.588. The van der Waals surface area contributed by atoms with Crippen molar-refractivity contribution in [3.63, 3.8) is 0 Å². The highest BCUT2D eigenvalue weighted by Crippen LogP contribution is 2.37. The summed E-state index contributed by atoms with van der Waals surface area (Å²) >= 11 is 0. The van der Waals surface area contributed by atoms with Gasteiger partial charge in [0.25, 0.3) is 5.91 Å². The Morgan fingerprint density at radius 2 is 1.78 bits per heavy atom. The van der Waals surface area contributed by atoms with E-state index in [0.29, 0.717) is 25.4 Å². The van der Waals surface area contributed by atoms with Gasteiger partial charge in [0.05, 0.1) is 6.61 Å². The number of anilines is 1. The van der Waals surface area contributed by atoms with Crippen molar-refractivity contribution in [2.24, 2.45) is 0 Å². The van der Waals surface area contributed by atoms with Crippen LogP contribution in [0.2, 0.25) is 18.1 Å². The summed E-state index contributed by atoms with van der Waals surface area (Å²) in [4.78, 5) is 14.5. The minimum Gasteiger partial charge on any atom is -0.413 e. The number of fused-ring (bicyclic) bond motifs is 1. The molecule has 2 N–H and O–H groups in total. The predicted octanol–water partition coefficient (Wildman–Crippen LogP) is 4.95. The van der Waals surface area contributed by atoms with E-state index in [1.54, 1.807) is 0 Å². The molecule has 5 heteroatoms. The summed E-state index contributed by atoms with van der Waals surface area (Å²) < 4.78 is 6.33. The first-order chi connectivity index (χ1) is 12.6. The zero-order chi connectivity index (χ0) is 19.8. The summed E-state index contributed by atoms with van der Waals surface area (Å²) in [5.41, 5.74) is 10.7. The first kappa shape index (κ1) is 19.6. The fourth-order valence-corrected chi connectivity index (χ4v) is 4.02. The molecule has 0 fully saturated rings. The maximum absolute atomic E-state index is 12.7. The first-order valence-corrected chi connectivity index (χ1v) is 12.4. The Kier molecular flexibility index (Phi) is 5.19. The van der Waals surface area contributed by atoms with Gasteiger partial charge in [0.2, 0.25) is 0 Å². The van der Waals surface area contributed by atoms with Crippen molar-refractivity contribution in [1.82, 2.24) is 4.90 Å². The number of nitrogen functional groups attached to an aromatic ring is 1. The van der Waals surface area contributed by atoms with Crippen LogP contribution in [0, 0.1) is 0 Å². The normalized spacial score (nSPS) is 14.6. The topological polar surface area (TPSA) is 55.6 Å². The van der Waals surface area contributed by atoms with Crippen LogP contribution < -0.4 is 5.73 Å². The number of benzene rings is 2. The fraction of sp³-hybridized carbons (Fsp3) is 0.409. The van der Waals surface area contributed by atoms with Crippen molar-refractivity contribution < 1.29 is 9.22 Å². The summed E-state index contributed by atoms with van der Waals surface area (Å²) in [5.74, 6) is 0.0558. The Labute approximate surface area is 163 Å². The van der Waals surface area contributed by atoms with E-state index >= 15 is 0 Å². The Morgan fingerprint density at radius 3 is 2.44 bits per heavy atom. The van der Waals surface area contributed by atoms with Crippen LogP contribution in [-0.4, -0.2) is 19.1 Å². The van der Waals surface area contributed by atoms with Gasteiger partial charge in [-0.15, -0.1) is 0 Å².